The Morgan fingerprint density at radius 2 is 1.81 bits per heavy atom. The summed E-state index contributed by atoms with van der Waals surface area (Å²) in [6.07, 6.45) is 7.47. The van der Waals surface area contributed by atoms with Crippen LogP contribution in [0.25, 0.3) is 6.08 Å². The van der Waals surface area contributed by atoms with Gasteiger partial charge in [0.2, 0.25) is 0 Å². The van der Waals surface area contributed by atoms with Gasteiger partial charge in [0.1, 0.15) is 11.4 Å². The number of para-hydroxylation sites is 1. The van der Waals surface area contributed by atoms with Crippen LogP contribution >= 0.6 is 0 Å². The van der Waals surface area contributed by atoms with Gasteiger partial charge in [0.25, 0.3) is 0 Å². The molecule has 138 valence electrons. The number of hydrogen-bond acceptors (Lipinski definition) is 4. The number of guanidine groups is 1. The maximum absolute atomic E-state index is 6.40. The molecule has 0 saturated carbocycles. The Morgan fingerprint density at radius 3 is 2.67 bits per heavy atom. The highest BCUT2D eigenvalue weighted by Gasteiger charge is 2.38. The molecule has 0 radical (unpaired) electrons. The van der Waals surface area contributed by atoms with Crippen molar-refractivity contribution in [3.05, 3.63) is 71.8 Å². The SMILES string of the molecule is C1=CC2(CCN(C3=NCC(Cc4ccccc4)N3)CC2)Oc2ccccc21. The topological polar surface area (TPSA) is 36.9 Å². The van der Waals surface area contributed by atoms with Gasteiger partial charge in [-0.25, -0.2) is 0 Å². The summed E-state index contributed by atoms with van der Waals surface area (Å²) in [4.78, 5) is 7.16. The second-order valence-corrected chi connectivity index (χ2v) is 7.72. The Morgan fingerprint density at radius 1 is 1.04 bits per heavy atom. The van der Waals surface area contributed by atoms with Gasteiger partial charge in [0.15, 0.2) is 5.96 Å². The van der Waals surface area contributed by atoms with Crippen molar-refractivity contribution in [2.75, 3.05) is 19.6 Å². The molecule has 1 saturated heterocycles. The van der Waals surface area contributed by atoms with Gasteiger partial charge in [0, 0.05) is 31.5 Å². The van der Waals surface area contributed by atoms with Crippen molar-refractivity contribution < 1.29 is 4.74 Å². The van der Waals surface area contributed by atoms with Gasteiger partial charge in [-0.05, 0) is 24.1 Å². The lowest BCUT2D eigenvalue weighted by molar-refractivity contribution is 0.0580. The van der Waals surface area contributed by atoms with Gasteiger partial charge in [0.05, 0.1) is 12.6 Å². The van der Waals surface area contributed by atoms with Crippen LogP contribution in [0.15, 0.2) is 65.7 Å². The largest absolute Gasteiger partial charge is 0.482 e. The minimum absolute atomic E-state index is 0.159. The molecule has 1 atom stereocenters. The standard InChI is InChI=1S/C23H25N3O/c1-2-6-18(7-3-1)16-20-17-24-22(25-20)26-14-12-23(13-15-26)11-10-19-8-4-5-9-21(19)27-23/h1-11,20H,12-17H2,(H,24,25). The molecule has 3 heterocycles. The molecule has 0 aliphatic carbocycles. The number of rotatable bonds is 2. The molecule has 2 aromatic carbocycles. The van der Waals surface area contributed by atoms with E-state index in [0.717, 1.165) is 50.6 Å². The third-order valence-electron chi connectivity index (χ3n) is 5.83. The van der Waals surface area contributed by atoms with E-state index in [0.29, 0.717) is 6.04 Å². The highest BCUT2D eigenvalue weighted by atomic mass is 16.5. The van der Waals surface area contributed by atoms with E-state index >= 15 is 0 Å². The van der Waals surface area contributed by atoms with E-state index in [1.807, 2.05) is 6.07 Å². The monoisotopic (exact) mass is 359 g/mol. The number of likely N-dealkylation sites (tertiary alicyclic amines) is 1. The summed E-state index contributed by atoms with van der Waals surface area (Å²) >= 11 is 0. The van der Waals surface area contributed by atoms with Crippen LogP contribution < -0.4 is 10.1 Å². The molecule has 1 N–H and O–H groups in total. The average molecular weight is 359 g/mol. The zero-order chi connectivity index (χ0) is 18.1. The molecule has 0 amide bonds. The number of nitrogens with one attached hydrogen (secondary N) is 1. The Hall–Kier alpha value is -2.75. The van der Waals surface area contributed by atoms with Crippen molar-refractivity contribution in [2.24, 2.45) is 4.99 Å². The molecule has 27 heavy (non-hydrogen) atoms. The van der Waals surface area contributed by atoms with Crippen LogP contribution in [0, 0.1) is 0 Å². The van der Waals surface area contributed by atoms with Crippen LogP contribution in [0.2, 0.25) is 0 Å². The molecule has 1 unspecified atom stereocenters. The van der Waals surface area contributed by atoms with Gasteiger partial charge in [-0.2, -0.15) is 0 Å². The van der Waals surface area contributed by atoms with Crippen molar-refractivity contribution in [3.63, 3.8) is 0 Å². The first kappa shape index (κ1) is 16.4. The molecule has 0 bridgehead atoms. The Kier molecular flexibility index (Phi) is 4.12. The zero-order valence-electron chi connectivity index (χ0n) is 15.5. The third-order valence-corrected chi connectivity index (χ3v) is 5.83. The van der Waals surface area contributed by atoms with Crippen LogP contribution in [0.5, 0.6) is 5.75 Å². The van der Waals surface area contributed by atoms with Gasteiger partial charge in [-0.15, -0.1) is 0 Å². The van der Waals surface area contributed by atoms with E-state index in [-0.39, 0.29) is 5.60 Å². The Bertz CT molecular complexity index is 866. The highest BCUT2D eigenvalue weighted by molar-refractivity contribution is 5.82. The third kappa shape index (κ3) is 3.32. The lowest BCUT2D eigenvalue weighted by Gasteiger charge is -2.42. The lowest BCUT2D eigenvalue weighted by atomic mass is 9.88. The molecule has 3 aliphatic heterocycles. The summed E-state index contributed by atoms with van der Waals surface area (Å²) < 4.78 is 6.40. The maximum Gasteiger partial charge on any atom is 0.194 e. The molecule has 1 spiro atoms. The number of nitrogens with zero attached hydrogens (tertiary/aromatic N) is 2. The summed E-state index contributed by atoms with van der Waals surface area (Å²) in [6.45, 7) is 2.79. The molecule has 5 rings (SSSR count). The summed E-state index contributed by atoms with van der Waals surface area (Å²) in [5, 5.41) is 3.63. The molecule has 1 fully saturated rings. The summed E-state index contributed by atoms with van der Waals surface area (Å²) in [7, 11) is 0. The first-order valence-electron chi connectivity index (χ1n) is 9.87. The van der Waals surface area contributed by atoms with Crippen LogP contribution in [0.1, 0.15) is 24.0 Å². The molecule has 3 aliphatic rings. The second kappa shape index (κ2) is 6.76. The average Bonchev–Trinajstić information content (AvgIpc) is 3.18. The van der Waals surface area contributed by atoms with Gasteiger partial charge in [-0.3, -0.25) is 4.99 Å². The quantitative estimate of drug-likeness (QED) is 0.892. The normalized spacial score (nSPS) is 22.7. The van der Waals surface area contributed by atoms with E-state index in [9.17, 15) is 0 Å². The van der Waals surface area contributed by atoms with E-state index in [2.05, 4.69) is 70.9 Å². The Labute approximate surface area is 160 Å². The number of aliphatic imine (C=N–C) groups is 1. The fourth-order valence-electron chi connectivity index (χ4n) is 4.25. The van der Waals surface area contributed by atoms with Crippen molar-refractivity contribution in [2.45, 2.75) is 30.9 Å². The van der Waals surface area contributed by atoms with Crippen molar-refractivity contribution in [1.29, 1.82) is 0 Å². The predicted molar refractivity (Wildman–Crippen MR) is 109 cm³/mol. The van der Waals surface area contributed by atoms with Crippen molar-refractivity contribution in [3.8, 4) is 5.75 Å². The maximum atomic E-state index is 6.40. The summed E-state index contributed by atoms with van der Waals surface area (Å²) in [5.41, 5.74) is 2.38. The number of hydrogen-bond donors (Lipinski definition) is 1. The minimum Gasteiger partial charge on any atom is -0.482 e. The van der Waals surface area contributed by atoms with Gasteiger partial charge >= 0.3 is 0 Å². The summed E-state index contributed by atoms with van der Waals surface area (Å²) in [5.74, 6) is 2.07. The van der Waals surface area contributed by atoms with Crippen LogP contribution in [0.3, 0.4) is 0 Å². The van der Waals surface area contributed by atoms with Crippen LogP contribution in [-0.2, 0) is 6.42 Å². The molecule has 2 aromatic rings. The molecular formula is C23H25N3O. The van der Waals surface area contributed by atoms with E-state index in [1.54, 1.807) is 0 Å². The second-order valence-electron chi connectivity index (χ2n) is 7.72. The lowest BCUT2D eigenvalue weighted by Crippen LogP contribution is -2.52. The fraction of sp³-hybridized carbons (Fsp3) is 0.348. The van der Waals surface area contributed by atoms with Gasteiger partial charge < -0.3 is 15.0 Å². The number of benzene rings is 2. The highest BCUT2D eigenvalue weighted by Crippen LogP contribution is 2.37. The van der Waals surface area contributed by atoms with Crippen LogP contribution in [-0.4, -0.2) is 42.1 Å². The molecule has 0 aromatic heterocycles. The predicted octanol–water partition coefficient (Wildman–Crippen LogP) is 3.50. The molecule has 4 heteroatoms. The fourth-order valence-corrected chi connectivity index (χ4v) is 4.25. The summed E-state index contributed by atoms with van der Waals surface area (Å²) in [6, 6.07) is 19.3. The number of fused-ring (bicyclic) bond motifs is 1. The number of piperidine rings is 1. The van der Waals surface area contributed by atoms with E-state index in [1.165, 1.54) is 11.1 Å². The first-order valence-corrected chi connectivity index (χ1v) is 9.87. The Balaban J connectivity index is 1.18. The number of ether oxygens (including phenoxy) is 1. The smallest absolute Gasteiger partial charge is 0.194 e. The first-order chi connectivity index (χ1) is 13.3. The van der Waals surface area contributed by atoms with Gasteiger partial charge in [-0.1, -0.05) is 54.6 Å². The minimum atomic E-state index is -0.159. The zero-order valence-corrected chi connectivity index (χ0v) is 15.5. The molecule has 4 nitrogen and oxygen atoms in total. The van der Waals surface area contributed by atoms with E-state index in [4.69, 9.17) is 9.73 Å². The van der Waals surface area contributed by atoms with E-state index < -0.39 is 0 Å². The van der Waals surface area contributed by atoms with Crippen molar-refractivity contribution in [1.82, 2.24) is 10.2 Å². The van der Waals surface area contributed by atoms with Crippen molar-refractivity contribution >= 4 is 12.0 Å². The van der Waals surface area contributed by atoms with Crippen LogP contribution in [0.4, 0.5) is 0 Å². The molecular weight excluding hydrogens is 334 g/mol.